The third-order valence-corrected chi connectivity index (χ3v) is 3.96. The molecule has 2 aromatic heterocycles. The summed E-state index contributed by atoms with van der Waals surface area (Å²) in [5.74, 6) is -1.44. The Labute approximate surface area is 122 Å². The van der Waals surface area contributed by atoms with Crippen molar-refractivity contribution < 1.29 is 14.7 Å². The average Bonchev–Trinajstić information content (AvgIpc) is 2.82. The maximum atomic E-state index is 12.7. The summed E-state index contributed by atoms with van der Waals surface area (Å²) >= 11 is 0. The summed E-state index contributed by atoms with van der Waals surface area (Å²) < 4.78 is 1.77. The summed E-state index contributed by atoms with van der Waals surface area (Å²) in [5.41, 5.74) is 1.92. The fraction of sp³-hybridized carbons (Fsp3) is 0.400. The van der Waals surface area contributed by atoms with Gasteiger partial charge in [0.05, 0.1) is 11.6 Å². The van der Waals surface area contributed by atoms with Crippen LogP contribution in [0.4, 0.5) is 0 Å². The molecule has 0 radical (unpaired) electrons. The van der Waals surface area contributed by atoms with Gasteiger partial charge in [-0.1, -0.05) is 6.07 Å². The number of imidazole rings is 1. The SMILES string of the molecule is Cc1nc2ccccn2c1C(=O)N1CCCC(C(=O)O)C1. The Bertz CT molecular complexity index is 707. The maximum Gasteiger partial charge on any atom is 0.308 e. The molecule has 1 fully saturated rings. The van der Waals surface area contributed by atoms with Crippen LogP contribution in [0.5, 0.6) is 0 Å². The number of likely N-dealkylation sites (tertiary alicyclic amines) is 1. The summed E-state index contributed by atoms with van der Waals surface area (Å²) in [6, 6.07) is 5.57. The minimum Gasteiger partial charge on any atom is -0.481 e. The van der Waals surface area contributed by atoms with Gasteiger partial charge in [-0.15, -0.1) is 0 Å². The molecule has 0 aromatic carbocycles. The minimum absolute atomic E-state index is 0.142. The summed E-state index contributed by atoms with van der Waals surface area (Å²) in [5, 5.41) is 9.14. The zero-order valence-corrected chi connectivity index (χ0v) is 11.8. The van der Waals surface area contributed by atoms with Gasteiger partial charge in [0.25, 0.3) is 5.91 Å². The number of pyridine rings is 1. The van der Waals surface area contributed by atoms with E-state index in [-0.39, 0.29) is 12.5 Å². The first-order chi connectivity index (χ1) is 10.1. The van der Waals surface area contributed by atoms with Crippen molar-refractivity contribution in [2.75, 3.05) is 13.1 Å². The van der Waals surface area contributed by atoms with Crippen LogP contribution in [0.3, 0.4) is 0 Å². The number of rotatable bonds is 2. The van der Waals surface area contributed by atoms with Crippen molar-refractivity contribution in [1.29, 1.82) is 0 Å². The highest BCUT2D eigenvalue weighted by molar-refractivity contribution is 5.95. The second-order valence-electron chi connectivity index (χ2n) is 5.40. The summed E-state index contributed by atoms with van der Waals surface area (Å²) in [7, 11) is 0. The first kappa shape index (κ1) is 13.6. The van der Waals surface area contributed by atoms with Gasteiger partial charge in [-0.2, -0.15) is 0 Å². The van der Waals surface area contributed by atoms with Crippen LogP contribution in [-0.2, 0) is 4.79 Å². The van der Waals surface area contributed by atoms with E-state index in [0.717, 1.165) is 12.1 Å². The van der Waals surface area contributed by atoms with Gasteiger partial charge in [0.1, 0.15) is 11.3 Å². The van der Waals surface area contributed by atoms with Crippen LogP contribution in [0.2, 0.25) is 0 Å². The van der Waals surface area contributed by atoms with E-state index in [2.05, 4.69) is 4.98 Å². The lowest BCUT2D eigenvalue weighted by atomic mass is 9.98. The molecule has 6 nitrogen and oxygen atoms in total. The number of amides is 1. The van der Waals surface area contributed by atoms with Crippen molar-refractivity contribution in [2.45, 2.75) is 19.8 Å². The lowest BCUT2D eigenvalue weighted by molar-refractivity contribution is -0.143. The van der Waals surface area contributed by atoms with Crippen molar-refractivity contribution in [1.82, 2.24) is 14.3 Å². The molecule has 2 aromatic rings. The summed E-state index contributed by atoms with van der Waals surface area (Å²) in [6.07, 6.45) is 3.16. The molecule has 0 aliphatic carbocycles. The van der Waals surface area contributed by atoms with Gasteiger partial charge in [0, 0.05) is 19.3 Å². The van der Waals surface area contributed by atoms with Crippen LogP contribution in [-0.4, -0.2) is 44.4 Å². The summed E-state index contributed by atoms with van der Waals surface area (Å²) in [6.45, 7) is 2.68. The molecule has 0 saturated carbocycles. The van der Waals surface area contributed by atoms with Gasteiger partial charge >= 0.3 is 5.97 Å². The van der Waals surface area contributed by atoms with Crippen molar-refractivity contribution in [2.24, 2.45) is 5.92 Å². The van der Waals surface area contributed by atoms with Crippen LogP contribution in [0, 0.1) is 12.8 Å². The quantitative estimate of drug-likeness (QED) is 0.910. The molecule has 3 heterocycles. The van der Waals surface area contributed by atoms with Gasteiger partial charge in [0.2, 0.25) is 0 Å². The lowest BCUT2D eigenvalue weighted by Crippen LogP contribution is -2.42. The van der Waals surface area contributed by atoms with E-state index in [0.29, 0.717) is 24.4 Å². The molecule has 1 aliphatic rings. The Kier molecular flexibility index (Phi) is 3.37. The lowest BCUT2D eigenvalue weighted by Gasteiger charge is -2.30. The number of carboxylic acid groups (broad SMARTS) is 1. The number of piperidine rings is 1. The Balaban J connectivity index is 1.93. The van der Waals surface area contributed by atoms with Crippen molar-refractivity contribution in [3.63, 3.8) is 0 Å². The molecule has 6 heteroatoms. The predicted molar refractivity (Wildman–Crippen MR) is 76.2 cm³/mol. The highest BCUT2D eigenvalue weighted by atomic mass is 16.4. The Hall–Kier alpha value is -2.37. The van der Waals surface area contributed by atoms with E-state index < -0.39 is 11.9 Å². The molecule has 1 N–H and O–H groups in total. The Morgan fingerprint density at radius 3 is 2.95 bits per heavy atom. The first-order valence-electron chi connectivity index (χ1n) is 7.03. The molecule has 1 atom stereocenters. The van der Waals surface area contributed by atoms with Crippen LogP contribution >= 0.6 is 0 Å². The molecule has 1 amide bonds. The predicted octanol–water partition coefficient (Wildman–Crippen LogP) is 1.58. The second-order valence-corrected chi connectivity index (χ2v) is 5.40. The number of aryl methyl sites for hydroxylation is 1. The zero-order valence-electron chi connectivity index (χ0n) is 11.8. The number of carboxylic acids is 1. The first-order valence-corrected chi connectivity index (χ1v) is 7.03. The number of carbonyl (C=O) groups excluding carboxylic acids is 1. The van der Waals surface area contributed by atoms with Crippen LogP contribution in [0.1, 0.15) is 29.0 Å². The minimum atomic E-state index is -0.831. The molecule has 110 valence electrons. The number of aliphatic carboxylic acids is 1. The van der Waals surface area contributed by atoms with E-state index in [1.54, 1.807) is 22.4 Å². The van der Waals surface area contributed by atoms with Crippen LogP contribution in [0.25, 0.3) is 5.65 Å². The molecule has 1 saturated heterocycles. The average molecular weight is 287 g/mol. The molecule has 0 bridgehead atoms. The largest absolute Gasteiger partial charge is 0.481 e. The number of carbonyl (C=O) groups is 2. The van der Waals surface area contributed by atoms with E-state index in [9.17, 15) is 9.59 Å². The van der Waals surface area contributed by atoms with Gasteiger partial charge in [0.15, 0.2) is 0 Å². The molecule has 0 spiro atoms. The van der Waals surface area contributed by atoms with Crippen molar-refractivity contribution in [3.05, 3.63) is 35.8 Å². The van der Waals surface area contributed by atoms with Crippen molar-refractivity contribution >= 4 is 17.5 Å². The molecule has 1 unspecified atom stereocenters. The van der Waals surface area contributed by atoms with E-state index in [1.807, 2.05) is 18.2 Å². The number of hydrogen-bond donors (Lipinski definition) is 1. The van der Waals surface area contributed by atoms with Gasteiger partial charge in [-0.25, -0.2) is 4.98 Å². The number of nitrogens with zero attached hydrogens (tertiary/aromatic N) is 3. The maximum absolute atomic E-state index is 12.7. The number of aromatic nitrogens is 2. The Morgan fingerprint density at radius 1 is 1.38 bits per heavy atom. The number of hydrogen-bond acceptors (Lipinski definition) is 3. The normalized spacial score (nSPS) is 18.9. The van der Waals surface area contributed by atoms with E-state index >= 15 is 0 Å². The smallest absolute Gasteiger partial charge is 0.308 e. The molecular weight excluding hydrogens is 270 g/mol. The summed E-state index contributed by atoms with van der Waals surface area (Å²) in [4.78, 5) is 29.9. The van der Waals surface area contributed by atoms with Crippen molar-refractivity contribution in [3.8, 4) is 0 Å². The fourth-order valence-electron chi connectivity index (χ4n) is 2.88. The van der Waals surface area contributed by atoms with E-state index in [4.69, 9.17) is 5.11 Å². The third kappa shape index (κ3) is 2.37. The zero-order chi connectivity index (χ0) is 15.0. The standard InChI is InChI=1S/C15H17N3O3/c1-10-13(18-8-3-2-6-12(18)16-10)14(19)17-7-4-5-11(9-17)15(20)21/h2-3,6,8,11H,4-5,7,9H2,1H3,(H,20,21). The van der Waals surface area contributed by atoms with Crippen LogP contribution in [0.15, 0.2) is 24.4 Å². The number of fused-ring (bicyclic) bond motifs is 1. The van der Waals surface area contributed by atoms with E-state index in [1.165, 1.54) is 0 Å². The van der Waals surface area contributed by atoms with Gasteiger partial charge < -0.3 is 10.0 Å². The molecule has 1 aliphatic heterocycles. The monoisotopic (exact) mass is 287 g/mol. The second kappa shape index (κ2) is 5.20. The highest BCUT2D eigenvalue weighted by Gasteiger charge is 2.30. The fourth-order valence-corrected chi connectivity index (χ4v) is 2.88. The van der Waals surface area contributed by atoms with Gasteiger partial charge in [-0.3, -0.25) is 14.0 Å². The molecule has 3 rings (SSSR count). The topological polar surface area (TPSA) is 74.9 Å². The highest BCUT2D eigenvalue weighted by Crippen LogP contribution is 2.21. The Morgan fingerprint density at radius 2 is 2.19 bits per heavy atom. The molecular formula is C15H17N3O3. The third-order valence-electron chi connectivity index (χ3n) is 3.96. The molecule has 21 heavy (non-hydrogen) atoms. The van der Waals surface area contributed by atoms with Crippen LogP contribution < -0.4 is 0 Å². The van der Waals surface area contributed by atoms with Gasteiger partial charge in [-0.05, 0) is 31.9 Å².